The van der Waals surface area contributed by atoms with Crippen molar-refractivity contribution in [1.82, 2.24) is 16.1 Å². The minimum Gasteiger partial charge on any atom is -0.493 e. The van der Waals surface area contributed by atoms with Crippen molar-refractivity contribution in [2.45, 2.75) is 26.5 Å². The Bertz CT molecular complexity index is 1870. The van der Waals surface area contributed by atoms with Gasteiger partial charge in [0.2, 0.25) is 0 Å². The molecule has 0 aliphatic carbocycles. The fourth-order valence-electron chi connectivity index (χ4n) is 5.06. The van der Waals surface area contributed by atoms with Crippen LogP contribution in [0, 0.1) is 5.82 Å². The van der Waals surface area contributed by atoms with Crippen LogP contribution >= 0.6 is 0 Å². The quantitative estimate of drug-likeness (QED) is 0.109. The van der Waals surface area contributed by atoms with Crippen LogP contribution in [0.4, 0.5) is 9.18 Å². The van der Waals surface area contributed by atoms with Crippen LogP contribution in [0.5, 0.6) is 17.2 Å². The Morgan fingerprint density at radius 3 is 2.53 bits per heavy atom. The number of rotatable bonds is 12. The lowest BCUT2D eigenvalue weighted by atomic mass is 9.95. The molecular formula is C35H33FN4O7. The van der Waals surface area contributed by atoms with Crippen LogP contribution in [0.2, 0.25) is 0 Å². The third kappa shape index (κ3) is 7.67. The summed E-state index contributed by atoms with van der Waals surface area (Å²) in [7, 11) is 1.43. The van der Waals surface area contributed by atoms with Crippen molar-refractivity contribution in [2.75, 3.05) is 20.3 Å². The molecule has 5 rings (SSSR count). The molecule has 0 unspecified atom stereocenters. The van der Waals surface area contributed by atoms with Gasteiger partial charge < -0.3 is 29.6 Å². The van der Waals surface area contributed by atoms with Crippen LogP contribution < -0.4 is 30.3 Å². The Morgan fingerprint density at radius 2 is 1.74 bits per heavy atom. The van der Waals surface area contributed by atoms with Crippen molar-refractivity contribution in [3.63, 3.8) is 0 Å². The molecule has 4 aromatic carbocycles. The van der Waals surface area contributed by atoms with Gasteiger partial charge in [-0.2, -0.15) is 5.10 Å². The van der Waals surface area contributed by atoms with Gasteiger partial charge in [0.1, 0.15) is 18.2 Å². The first-order valence-corrected chi connectivity index (χ1v) is 14.7. The number of fused-ring (bicyclic) bond motifs is 1. The van der Waals surface area contributed by atoms with Gasteiger partial charge in [-0.25, -0.2) is 19.4 Å². The van der Waals surface area contributed by atoms with Crippen LogP contribution in [0.15, 0.2) is 95.2 Å². The van der Waals surface area contributed by atoms with E-state index in [0.29, 0.717) is 28.1 Å². The maximum Gasteiger partial charge on any atom is 0.338 e. The number of hydrogen-bond acceptors (Lipinski definition) is 8. The Balaban J connectivity index is 1.27. The van der Waals surface area contributed by atoms with Crippen molar-refractivity contribution in [2.24, 2.45) is 5.10 Å². The molecule has 11 nitrogen and oxygen atoms in total. The molecule has 1 aliphatic heterocycles. The van der Waals surface area contributed by atoms with Crippen LogP contribution in [0.25, 0.3) is 10.8 Å². The third-order valence-corrected chi connectivity index (χ3v) is 7.30. The SMILES string of the molecule is CCOC(=O)C1=C(C)NC(=O)N[C@H]1c1ccc(OCC(=O)N/N=C/c2c(OCc3ccccc3F)ccc3ccccc23)c(OC)c1. The highest BCUT2D eigenvalue weighted by molar-refractivity contribution is 6.02. The number of benzene rings is 4. The number of halogens is 1. The standard InChI is InChI=1S/C35H33FN4O7/c1-4-45-34(42)32-21(2)38-35(43)39-33(32)23-14-16-29(30(17-23)44-3)47-20-31(41)40-37-18-26-25-11-7-5-9-22(25)13-15-28(26)46-19-24-10-6-8-12-27(24)36/h5-18,33H,4,19-20H2,1-3H3,(H,40,41)(H2,38,39,43)/b37-18+/t33-/m0/s1. The molecule has 0 spiro atoms. The normalized spacial score (nSPS) is 14.4. The van der Waals surface area contributed by atoms with E-state index < -0.39 is 30.6 Å². The molecule has 0 radical (unpaired) electrons. The van der Waals surface area contributed by atoms with E-state index in [1.807, 2.05) is 30.3 Å². The summed E-state index contributed by atoms with van der Waals surface area (Å²) in [5.74, 6) is -0.478. The lowest BCUT2D eigenvalue weighted by Gasteiger charge is -2.28. The Morgan fingerprint density at radius 1 is 0.979 bits per heavy atom. The second kappa shape index (κ2) is 14.9. The number of allylic oxidation sites excluding steroid dienone is 1. The highest BCUT2D eigenvalue weighted by Crippen LogP contribution is 2.35. The minimum absolute atomic E-state index is 0.0106. The highest BCUT2D eigenvalue weighted by atomic mass is 19.1. The fourth-order valence-corrected chi connectivity index (χ4v) is 5.06. The van der Waals surface area contributed by atoms with Gasteiger partial charge in [-0.1, -0.05) is 54.6 Å². The Kier molecular flexibility index (Phi) is 10.3. The molecule has 4 aromatic rings. The number of nitrogens with one attached hydrogen (secondary N) is 3. The number of ether oxygens (including phenoxy) is 4. The first kappa shape index (κ1) is 32.5. The van der Waals surface area contributed by atoms with Crippen molar-refractivity contribution >= 4 is 34.9 Å². The van der Waals surface area contributed by atoms with Crippen LogP contribution in [0.1, 0.15) is 36.6 Å². The molecule has 1 heterocycles. The summed E-state index contributed by atoms with van der Waals surface area (Å²) in [6.45, 7) is 3.10. The molecule has 0 aromatic heterocycles. The monoisotopic (exact) mass is 640 g/mol. The number of methoxy groups -OCH3 is 1. The molecule has 0 bridgehead atoms. The highest BCUT2D eigenvalue weighted by Gasteiger charge is 2.32. The smallest absolute Gasteiger partial charge is 0.338 e. The first-order chi connectivity index (χ1) is 22.8. The summed E-state index contributed by atoms with van der Waals surface area (Å²) >= 11 is 0. The number of carbonyl (C=O) groups excluding carboxylic acids is 3. The largest absolute Gasteiger partial charge is 0.493 e. The van der Waals surface area contributed by atoms with Crippen LogP contribution in [-0.2, 0) is 20.9 Å². The average molecular weight is 641 g/mol. The number of amides is 3. The van der Waals surface area contributed by atoms with Crippen molar-refractivity contribution < 1.29 is 37.7 Å². The van der Waals surface area contributed by atoms with Crippen molar-refractivity contribution in [3.05, 3.63) is 113 Å². The molecule has 3 N–H and O–H groups in total. The predicted molar refractivity (Wildman–Crippen MR) is 173 cm³/mol. The second-order valence-corrected chi connectivity index (χ2v) is 10.4. The third-order valence-electron chi connectivity index (χ3n) is 7.30. The van der Waals surface area contributed by atoms with E-state index in [9.17, 15) is 18.8 Å². The van der Waals surface area contributed by atoms with Gasteiger partial charge in [0.25, 0.3) is 5.91 Å². The molecule has 47 heavy (non-hydrogen) atoms. The summed E-state index contributed by atoms with van der Waals surface area (Å²) in [5.41, 5.74) is 4.64. The van der Waals surface area contributed by atoms with Crippen molar-refractivity contribution in [1.29, 1.82) is 0 Å². The van der Waals surface area contributed by atoms with Crippen LogP contribution in [0.3, 0.4) is 0 Å². The predicted octanol–water partition coefficient (Wildman–Crippen LogP) is 5.29. The minimum atomic E-state index is -0.793. The fraction of sp³-hybridized carbons (Fsp3) is 0.200. The van der Waals surface area contributed by atoms with Gasteiger partial charge >= 0.3 is 12.0 Å². The van der Waals surface area contributed by atoms with E-state index in [-0.39, 0.29) is 36.1 Å². The lowest BCUT2D eigenvalue weighted by Crippen LogP contribution is -2.45. The molecule has 0 fully saturated rings. The van der Waals surface area contributed by atoms with Gasteiger partial charge in [0.15, 0.2) is 18.1 Å². The Hall–Kier alpha value is -5.91. The zero-order chi connectivity index (χ0) is 33.3. The summed E-state index contributed by atoms with van der Waals surface area (Å²) < 4.78 is 36.5. The molecule has 1 aliphatic rings. The van der Waals surface area contributed by atoms with Gasteiger partial charge in [0.05, 0.1) is 31.5 Å². The van der Waals surface area contributed by atoms with E-state index in [2.05, 4.69) is 21.2 Å². The van der Waals surface area contributed by atoms with Gasteiger partial charge in [-0.15, -0.1) is 0 Å². The molecule has 12 heteroatoms. The molecule has 0 saturated carbocycles. The van der Waals surface area contributed by atoms with E-state index in [1.54, 1.807) is 56.3 Å². The number of carbonyl (C=O) groups is 3. The molecule has 3 amide bonds. The van der Waals surface area contributed by atoms with Crippen molar-refractivity contribution in [3.8, 4) is 17.2 Å². The summed E-state index contributed by atoms with van der Waals surface area (Å²) in [6, 6.07) is 21.2. The van der Waals surface area contributed by atoms with E-state index in [4.69, 9.17) is 18.9 Å². The van der Waals surface area contributed by atoms with E-state index >= 15 is 0 Å². The summed E-state index contributed by atoms with van der Waals surface area (Å²) in [5, 5.41) is 11.2. The number of esters is 1. The maximum atomic E-state index is 14.2. The number of urea groups is 1. The van der Waals surface area contributed by atoms with E-state index in [1.165, 1.54) is 19.4 Å². The Labute approximate surface area is 270 Å². The second-order valence-electron chi connectivity index (χ2n) is 10.4. The molecule has 1 atom stereocenters. The van der Waals surface area contributed by atoms with Gasteiger partial charge in [0, 0.05) is 16.8 Å². The number of hydrazone groups is 1. The summed E-state index contributed by atoms with van der Waals surface area (Å²) in [4.78, 5) is 37.6. The van der Waals surface area contributed by atoms with Gasteiger partial charge in [-0.3, -0.25) is 4.79 Å². The molecular weight excluding hydrogens is 607 g/mol. The first-order valence-electron chi connectivity index (χ1n) is 14.7. The zero-order valence-electron chi connectivity index (χ0n) is 26.0. The molecule has 0 saturated heterocycles. The number of hydrogen-bond donors (Lipinski definition) is 3. The lowest BCUT2D eigenvalue weighted by molar-refractivity contribution is -0.139. The van der Waals surface area contributed by atoms with Crippen LogP contribution in [-0.4, -0.2) is 44.4 Å². The van der Waals surface area contributed by atoms with E-state index in [0.717, 1.165) is 10.8 Å². The number of nitrogens with zero attached hydrogens (tertiary/aromatic N) is 1. The maximum absolute atomic E-state index is 14.2. The average Bonchev–Trinajstić information content (AvgIpc) is 3.07. The van der Waals surface area contributed by atoms with Gasteiger partial charge in [-0.05, 0) is 54.4 Å². The zero-order valence-corrected chi connectivity index (χ0v) is 26.0. The molecule has 242 valence electrons. The summed E-state index contributed by atoms with van der Waals surface area (Å²) in [6.07, 6.45) is 1.47. The topological polar surface area (TPSA) is 137 Å².